The van der Waals surface area contributed by atoms with Crippen LogP contribution in [0.1, 0.15) is 12.8 Å². The molecule has 5 heteroatoms. The van der Waals surface area contributed by atoms with Crippen LogP contribution in [0.5, 0.6) is 0 Å². The second-order valence-electron chi connectivity index (χ2n) is 4.50. The van der Waals surface area contributed by atoms with Crippen molar-refractivity contribution in [2.24, 2.45) is 17.8 Å². The van der Waals surface area contributed by atoms with E-state index in [0.717, 1.165) is 0 Å². The molecule has 1 unspecified atom stereocenters. The molecule has 2 rings (SSSR count). The average Bonchev–Trinajstić information content (AvgIpc) is 2.70. The van der Waals surface area contributed by atoms with E-state index in [9.17, 15) is 20.1 Å². The van der Waals surface area contributed by atoms with Crippen molar-refractivity contribution in [3.63, 3.8) is 0 Å². The van der Waals surface area contributed by atoms with Crippen LogP contribution in [0.3, 0.4) is 0 Å². The van der Waals surface area contributed by atoms with Crippen LogP contribution < -0.4 is 0 Å². The molecule has 4 N–H and O–H groups in total. The minimum absolute atomic E-state index is 0.0203. The molecule has 0 bridgehead atoms. The number of hydrogen-bond acceptors (Lipinski definition) is 5. The maximum Gasteiger partial charge on any atom is 0.136 e. The van der Waals surface area contributed by atoms with E-state index in [2.05, 4.69) is 0 Å². The van der Waals surface area contributed by atoms with Gasteiger partial charge in [0.25, 0.3) is 0 Å². The number of hydrogen-bond donors (Lipinski definition) is 4. The molecule has 2 aliphatic carbocycles. The van der Waals surface area contributed by atoms with E-state index >= 15 is 0 Å². The van der Waals surface area contributed by atoms with Gasteiger partial charge in [-0.3, -0.25) is 4.79 Å². The highest BCUT2D eigenvalue weighted by Gasteiger charge is 2.56. The Kier molecular flexibility index (Phi) is 2.81. The van der Waals surface area contributed by atoms with Crippen LogP contribution >= 0.6 is 0 Å². The van der Waals surface area contributed by atoms with E-state index in [1.54, 1.807) is 0 Å². The summed E-state index contributed by atoms with van der Waals surface area (Å²) in [5, 5.41) is 37.8. The summed E-state index contributed by atoms with van der Waals surface area (Å²) in [6.07, 6.45) is -2.23. The number of fused-ring (bicyclic) bond motifs is 1. The summed E-state index contributed by atoms with van der Waals surface area (Å²) in [6, 6.07) is 0. The van der Waals surface area contributed by atoms with Crippen LogP contribution in [-0.2, 0) is 4.79 Å². The first kappa shape index (κ1) is 11.0. The molecule has 6 atom stereocenters. The van der Waals surface area contributed by atoms with Crippen molar-refractivity contribution in [2.75, 3.05) is 6.61 Å². The molecule has 5 nitrogen and oxygen atoms in total. The van der Waals surface area contributed by atoms with Gasteiger partial charge in [-0.1, -0.05) is 0 Å². The minimum Gasteiger partial charge on any atom is -0.394 e. The Hall–Kier alpha value is -0.490. The third-order valence-corrected chi connectivity index (χ3v) is 3.79. The molecule has 0 aliphatic heterocycles. The van der Waals surface area contributed by atoms with Crippen LogP contribution in [0, 0.1) is 17.8 Å². The largest absolute Gasteiger partial charge is 0.394 e. The quantitative estimate of drug-likeness (QED) is 0.440. The zero-order chi connectivity index (χ0) is 11.2. The highest BCUT2D eigenvalue weighted by atomic mass is 16.3. The molecule has 0 aromatic rings. The fraction of sp³-hybridized carbons (Fsp3) is 0.900. The van der Waals surface area contributed by atoms with E-state index in [1.165, 1.54) is 0 Å². The van der Waals surface area contributed by atoms with E-state index in [0.29, 0.717) is 12.8 Å². The van der Waals surface area contributed by atoms with Gasteiger partial charge in [0, 0.05) is 18.3 Å². The Morgan fingerprint density at radius 1 is 1.33 bits per heavy atom. The molecular formula is C10H16O5. The van der Waals surface area contributed by atoms with Crippen molar-refractivity contribution in [3.05, 3.63) is 0 Å². The van der Waals surface area contributed by atoms with E-state index < -0.39 is 36.8 Å². The van der Waals surface area contributed by atoms with Gasteiger partial charge in [0.1, 0.15) is 5.78 Å². The first-order valence-corrected chi connectivity index (χ1v) is 5.25. The summed E-state index contributed by atoms with van der Waals surface area (Å²) in [6.45, 7) is -0.495. The van der Waals surface area contributed by atoms with Gasteiger partial charge in [-0.05, 0) is 12.3 Å². The van der Waals surface area contributed by atoms with Crippen molar-refractivity contribution in [1.29, 1.82) is 0 Å². The average molecular weight is 216 g/mol. The monoisotopic (exact) mass is 216 g/mol. The Bertz CT molecular complexity index is 267. The molecule has 2 aliphatic rings. The Balaban J connectivity index is 2.25. The normalized spacial score (nSPS) is 46.9. The molecule has 0 aromatic carbocycles. The number of aliphatic hydroxyl groups excluding tert-OH is 4. The fourth-order valence-electron chi connectivity index (χ4n) is 3.06. The SMILES string of the molecule is O=C1CC[C@@H]2C1[C@@H]([C@H](O)CO)[C@H](O)[C@H]2O. The maximum atomic E-state index is 11.6. The molecule has 15 heavy (non-hydrogen) atoms. The fourth-order valence-corrected chi connectivity index (χ4v) is 3.06. The Morgan fingerprint density at radius 3 is 2.60 bits per heavy atom. The molecule has 2 fully saturated rings. The van der Waals surface area contributed by atoms with Crippen LogP contribution in [0.25, 0.3) is 0 Å². The molecular weight excluding hydrogens is 200 g/mol. The molecule has 86 valence electrons. The molecule has 0 spiro atoms. The summed E-state index contributed by atoms with van der Waals surface area (Å²) in [7, 11) is 0. The van der Waals surface area contributed by atoms with Gasteiger partial charge in [-0.2, -0.15) is 0 Å². The highest BCUT2D eigenvalue weighted by Crippen LogP contribution is 2.47. The van der Waals surface area contributed by atoms with Gasteiger partial charge < -0.3 is 20.4 Å². The van der Waals surface area contributed by atoms with Crippen LogP contribution in [0.15, 0.2) is 0 Å². The number of ketones is 1. The van der Waals surface area contributed by atoms with Crippen molar-refractivity contribution < 1.29 is 25.2 Å². The summed E-state index contributed by atoms with van der Waals surface area (Å²) >= 11 is 0. The standard InChI is InChI=1S/C10H16O5/c11-3-6(13)8-7-4(1-2-5(7)12)9(14)10(8)15/h4,6-11,13-15H,1-3H2/t4-,6-,7?,8-,9+,10+/m1/s1. The van der Waals surface area contributed by atoms with Gasteiger partial charge in [0.05, 0.1) is 24.9 Å². The zero-order valence-corrected chi connectivity index (χ0v) is 8.28. The highest BCUT2D eigenvalue weighted by molar-refractivity contribution is 5.84. The lowest BCUT2D eigenvalue weighted by atomic mass is 9.86. The third kappa shape index (κ3) is 1.50. The first-order chi connectivity index (χ1) is 7.07. The second-order valence-corrected chi connectivity index (χ2v) is 4.50. The zero-order valence-electron chi connectivity index (χ0n) is 8.28. The Morgan fingerprint density at radius 2 is 2.00 bits per heavy atom. The van der Waals surface area contributed by atoms with Crippen LogP contribution in [-0.4, -0.2) is 51.1 Å². The summed E-state index contributed by atoms with van der Waals surface area (Å²) in [4.78, 5) is 11.6. The molecule has 0 heterocycles. The number of Topliss-reactive ketones (excluding diaryl/α,β-unsaturated/α-hetero) is 1. The summed E-state index contributed by atoms with van der Waals surface area (Å²) < 4.78 is 0. The minimum atomic E-state index is -1.13. The predicted octanol–water partition coefficient (Wildman–Crippen LogP) is -1.71. The first-order valence-electron chi connectivity index (χ1n) is 5.25. The van der Waals surface area contributed by atoms with Crippen LogP contribution in [0.2, 0.25) is 0 Å². The van der Waals surface area contributed by atoms with Gasteiger partial charge in [0.15, 0.2) is 0 Å². The van der Waals surface area contributed by atoms with Crippen LogP contribution in [0.4, 0.5) is 0 Å². The molecule has 0 radical (unpaired) electrons. The van der Waals surface area contributed by atoms with Gasteiger partial charge in [-0.25, -0.2) is 0 Å². The maximum absolute atomic E-state index is 11.6. The van der Waals surface area contributed by atoms with Gasteiger partial charge in [-0.15, -0.1) is 0 Å². The van der Waals surface area contributed by atoms with E-state index in [-0.39, 0.29) is 11.7 Å². The van der Waals surface area contributed by atoms with E-state index in [4.69, 9.17) is 5.11 Å². The lowest BCUT2D eigenvalue weighted by Gasteiger charge is -2.24. The number of aliphatic hydroxyl groups is 4. The summed E-state index contributed by atoms with van der Waals surface area (Å²) in [5.74, 6) is -1.48. The third-order valence-electron chi connectivity index (χ3n) is 3.79. The van der Waals surface area contributed by atoms with Gasteiger partial charge >= 0.3 is 0 Å². The lowest BCUT2D eigenvalue weighted by molar-refractivity contribution is -0.125. The predicted molar refractivity (Wildman–Crippen MR) is 49.8 cm³/mol. The Labute approximate surface area is 87.4 Å². The number of carbonyl (C=O) groups is 1. The van der Waals surface area contributed by atoms with Crippen molar-refractivity contribution in [3.8, 4) is 0 Å². The van der Waals surface area contributed by atoms with Gasteiger partial charge in [0.2, 0.25) is 0 Å². The molecule has 0 saturated heterocycles. The van der Waals surface area contributed by atoms with Crippen molar-refractivity contribution >= 4 is 5.78 Å². The second kappa shape index (κ2) is 3.83. The number of carbonyl (C=O) groups excluding carboxylic acids is 1. The summed E-state index contributed by atoms with van der Waals surface area (Å²) in [5.41, 5.74) is 0. The van der Waals surface area contributed by atoms with E-state index in [1.807, 2.05) is 0 Å². The molecule has 0 aromatic heterocycles. The smallest absolute Gasteiger partial charge is 0.136 e. The van der Waals surface area contributed by atoms with Crippen molar-refractivity contribution in [2.45, 2.75) is 31.2 Å². The van der Waals surface area contributed by atoms with Crippen molar-refractivity contribution in [1.82, 2.24) is 0 Å². The topological polar surface area (TPSA) is 98.0 Å². The molecule has 0 amide bonds. The number of rotatable bonds is 2. The lowest BCUT2D eigenvalue weighted by Crippen LogP contribution is -2.38. The molecule has 2 saturated carbocycles.